The minimum absolute atomic E-state index is 0.00343. The van der Waals surface area contributed by atoms with Crippen LogP contribution in [0, 0.1) is 5.92 Å². The van der Waals surface area contributed by atoms with Crippen LogP contribution in [0.3, 0.4) is 0 Å². The first kappa shape index (κ1) is 18.3. The zero-order valence-corrected chi connectivity index (χ0v) is 12.1. The third-order valence-electron chi connectivity index (χ3n) is 2.73. The van der Waals surface area contributed by atoms with Gasteiger partial charge in [0.05, 0.1) is 0 Å². The van der Waals surface area contributed by atoms with Crippen LogP contribution >= 0.6 is 0 Å². The molecule has 0 aliphatic carbocycles. The van der Waals surface area contributed by atoms with Crippen molar-refractivity contribution in [2.45, 2.75) is 38.8 Å². The number of hydrogen-bond donors (Lipinski definition) is 4. The highest BCUT2D eigenvalue weighted by molar-refractivity contribution is 5.90. The lowest BCUT2D eigenvalue weighted by atomic mass is 10.1. The molecule has 20 heavy (non-hydrogen) atoms. The topological polar surface area (TPSA) is 137 Å². The Morgan fingerprint density at radius 2 is 1.80 bits per heavy atom. The van der Waals surface area contributed by atoms with E-state index in [4.69, 9.17) is 16.2 Å². The molecule has 8 heteroatoms. The third kappa shape index (κ3) is 7.05. The number of amides is 2. The van der Waals surface area contributed by atoms with Crippen LogP contribution in [0.1, 0.15) is 26.7 Å². The van der Waals surface area contributed by atoms with Crippen molar-refractivity contribution in [3.05, 3.63) is 0 Å². The summed E-state index contributed by atoms with van der Waals surface area (Å²) in [4.78, 5) is 33.8. The number of nitrogens with two attached hydrogens (primary N) is 2. The molecule has 116 valence electrons. The van der Waals surface area contributed by atoms with E-state index in [-0.39, 0.29) is 12.3 Å². The van der Waals surface area contributed by atoms with Crippen molar-refractivity contribution in [2.24, 2.45) is 17.4 Å². The Bertz CT molecular complexity index is 346. The van der Waals surface area contributed by atoms with E-state index < -0.39 is 30.1 Å². The first-order valence-corrected chi connectivity index (χ1v) is 6.51. The van der Waals surface area contributed by atoms with Crippen molar-refractivity contribution in [3.63, 3.8) is 0 Å². The number of esters is 2. The quantitative estimate of drug-likeness (QED) is 0.259. The molecular formula is C12H24N4O4. The Morgan fingerprint density at radius 1 is 1.20 bits per heavy atom. The van der Waals surface area contributed by atoms with Gasteiger partial charge in [-0.05, 0) is 25.8 Å². The number of ether oxygens (including phenoxy) is 1. The van der Waals surface area contributed by atoms with Gasteiger partial charge >= 0.3 is 18.0 Å². The molecule has 0 radical (unpaired) electrons. The number of carbonyl (C=O) groups excluding carboxylic acids is 3. The predicted molar refractivity (Wildman–Crippen MR) is 73.6 cm³/mol. The Kier molecular flexibility index (Phi) is 8.49. The molecule has 0 aromatic rings. The van der Waals surface area contributed by atoms with Gasteiger partial charge < -0.3 is 26.8 Å². The average Bonchev–Trinajstić information content (AvgIpc) is 2.34. The summed E-state index contributed by atoms with van der Waals surface area (Å²) >= 11 is 0. The van der Waals surface area contributed by atoms with E-state index in [0.717, 1.165) is 0 Å². The number of urea groups is 1. The maximum atomic E-state index is 11.7. The van der Waals surface area contributed by atoms with Crippen molar-refractivity contribution < 1.29 is 19.1 Å². The molecule has 2 atom stereocenters. The average molecular weight is 288 g/mol. The first-order valence-electron chi connectivity index (χ1n) is 6.51. The van der Waals surface area contributed by atoms with Gasteiger partial charge in [-0.15, -0.1) is 0 Å². The lowest BCUT2D eigenvalue weighted by Gasteiger charge is -2.18. The molecule has 0 aromatic carbocycles. The number of likely N-dealkylation sites (N-methyl/N-ethyl adjacent to an activating group) is 1. The van der Waals surface area contributed by atoms with E-state index in [9.17, 15) is 14.4 Å². The largest absolute Gasteiger partial charge is 0.391 e. The predicted octanol–water partition coefficient (Wildman–Crippen LogP) is -0.924. The molecule has 0 fully saturated rings. The van der Waals surface area contributed by atoms with Gasteiger partial charge in [-0.3, -0.25) is 0 Å². The summed E-state index contributed by atoms with van der Waals surface area (Å²) in [6, 6.07) is -2.09. The van der Waals surface area contributed by atoms with E-state index in [2.05, 4.69) is 10.6 Å². The van der Waals surface area contributed by atoms with Gasteiger partial charge in [0.15, 0.2) is 0 Å². The second-order valence-electron chi connectivity index (χ2n) is 4.79. The molecule has 0 aromatic heterocycles. The molecule has 0 heterocycles. The van der Waals surface area contributed by atoms with Crippen LogP contribution in [-0.2, 0) is 14.3 Å². The van der Waals surface area contributed by atoms with Crippen LogP contribution in [0.2, 0.25) is 0 Å². The lowest BCUT2D eigenvalue weighted by Crippen LogP contribution is -2.43. The third-order valence-corrected chi connectivity index (χ3v) is 2.73. The summed E-state index contributed by atoms with van der Waals surface area (Å²) < 4.78 is 4.73. The molecule has 0 aliphatic heterocycles. The van der Waals surface area contributed by atoms with Crippen LogP contribution in [0.15, 0.2) is 0 Å². The molecular weight excluding hydrogens is 264 g/mol. The minimum Gasteiger partial charge on any atom is -0.391 e. The van der Waals surface area contributed by atoms with Gasteiger partial charge in [-0.25, -0.2) is 14.4 Å². The standard InChI is InChI=1S/C12H24N4O4/c1-7(2)9(15-3)11(18)20-10(17)8(13)5-4-6-16-12(14)19/h7-9,15H,4-6,13H2,1-3H3,(H3,14,16,19)/t8-,9-/m0/s1. The van der Waals surface area contributed by atoms with Crippen LogP contribution in [-0.4, -0.2) is 43.6 Å². The SMILES string of the molecule is CN[C@H](C(=O)OC(=O)[C@@H](N)CCCNC(N)=O)C(C)C. The lowest BCUT2D eigenvalue weighted by molar-refractivity contribution is -0.162. The normalized spacial score (nSPS) is 13.7. The summed E-state index contributed by atoms with van der Waals surface area (Å²) in [5.41, 5.74) is 10.5. The summed E-state index contributed by atoms with van der Waals surface area (Å²) in [5, 5.41) is 5.16. The molecule has 0 unspecified atom stereocenters. The van der Waals surface area contributed by atoms with E-state index >= 15 is 0 Å². The van der Waals surface area contributed by atoms with Gasteiger partial charge in [0.1, 0.15) is 12.1 Å². The highest BCUT2D eigenvalue weighted by Gasteiger charge is 2.26. The first-order chi connectivity index (χ1) is 9.29. The maximum absolute atomic E-state index is 11.7. The molecule has 0 bridgehead atoms. The number of nitrogens with one attached hydrogen (secondary N) is 2. The Balaban J connectivity index is 4.12. The van der Waals surface area contributed by atoms with Crippen molar-refractivity contribution in [2.75, 3.05) is 13.6 Å². The van der Waals surface area contributed by atoms with Gasteiger partial charge in [-0.1, -0.05) is 13.8 Å². The van der Waals surface area contributed by atoms with Gasteiger partial charge in [0.2, 0.25) is 0 Å². The summed E-state index contributed by atoms with van der Waals surface area (Å²) in [6.45, 7) is 3.99. The molecule has 6 N–H and O–H groups in total. The van der Waals surface area contributed by atoms with E-state index in [0.29, 0.717) is 13.0 Å². The molecule has 0 saturated carbocycles. The van der Waals surface area contributed by atoms with E-state index in [1.807, 2.05) is 13.8 Å². The fraction of sp³-hybridized carbons (Fsp3) is 0.750. The van der Waals surface area contributed by atoms with E-state index in [1.165, 1.54) is 0 Å². The highest BCUT2D eigenvalue weighted by atomic mass is 16.6. The zero-order chi connectivity index (χ0) is 15.7. The summed E-state index contributed by atoms with van der Waals surface area (Å²) in [5.74, 6) is -1.41. The second-order valence-corrected chi connectivity index (χ2v) is 4.79. The van der Waals surface area contributed by atoms with Crippen molar-refractivity contribution in [1.29, 1.82) is 0 Å². The van der Waals surface area contributed by atoms with Crippen LogP contribution < -0.4 is 22.1 Å². The Morgan fingerprint density at radius 3 is 2.25 bits per heavy atom. The molecule has 0 aliphatic rings. The zero-order valence-electron chi connectivity index (χ0n) is 12.1. The van der Waals surface area contributed by atoms with Gasteiger partial charge in [0.25, 0.3) is 0 Å². The monoisotopic (exact) mass is 288 g/mol. The Labute approximate surface area is 118 Å². The van der Waals surface area contributed by atoms with Crippen molar-refractivity contribution in [1.82, 2.24) is 10.6 Å². The number of carbonyl (C=O) groups is 3. The van der Waals surface area contributed by atoms with E-state index in [1.54, 1.807) is 7.05 Å². The van der Waals surface area contributed by atoms with Crippen molar-refractivity contribution >= 4 is 18.0 Å². The molecule has 2 amide bonds. The maximum Gasteiger partial charge on any atom is 0.331 e. The molecule has 0 rings (SSSR count). The van der Waals surface area contributed by atoms with Gasteiger partial charge in [-0.2, -0.15) is 0 Å². The summed E-state index contributed by atoms with van der Waals surface area (Å²) in [7, 11) is 1.62. The molecule has 0 saturated heterocycles. The Hall–Kier alpha value is -1.67. The fourth-order valence-corrected chi connectivity index (χ4v) is 1.61. The molecule has 0 spiro atoms. The molecule has 8 nitrogen and oxygen atoms in total. The van der Waals surface area contributed by atoms with Crippen LogP contribution in [0.4, 0.5) is 4.79 Å². The van der Waals surface area contributed by atoms with Crippen molar-refractivity contribution in [3.8, 4) is 0 Å². The number of rotatable bonds is 8. The minimum atomic E-state index is -0.904. The van der Waals surface area contributed by atoms with Gasteiger partial charge in [0, 0.05) is 6.54 Å². The second kappa shape index (κ2) is 9.27. The van der Waals surface area contributed by atoms with Crippen LogP contribution in [0.5, 0.6) is 0 Å². The number of hydrogen-bond acceptors (Lipinski definition) is 6. The van der Waals surface area contributed by atoms with Crippen LogP contribution in [0.25, 0.3) is 0 Å². The smallest absolute Gasteiger partial charge is 0.331 e. The number of primary amides is 1. The summed E-state index contributed by atoms with van der Waals surface area (Å²) in [6.07, 6.45) is 0.755. The fourth-order valence-electron chi connectivity index (χ4n) is 1.61. The highest BCUT2D eigenvalue weighted by Crippen LogP contribution is 2.05.